The van der Waals surface area contributed by atoms with Crippen LogP contribution in [0.25, 0.3) is 11.1 Å². The van der Waals surface area contributed by atoms with Crippen molar-refractivity contribution in [3.8, 4) is 16.9 Å². The molecule has 0 amide bonds. The second-order valence-electron chi connectivity index (χ2n) is 6.41. The molecule has 1 aromatic carbocycles. The normalized spacial score (nSPS) is 15.1. The average Bonchev–Trinajstić information content (AvgIpc) is 2.66. The Hall–Kier alpha value is -2.34. The summed E-state index contributed by atoms with van der Waals surface area (Å²) >= 11 is 0. The van der Waals surface area contributed by atoms with Crippen LogP contribution >= 0.6 is 0 Å². The highest BCUT2D eigenvalue weighted by atomic mass is 16.5. The maximum Gasteiger partial charge on any atom is 0.221 e. The maximum atomic E-state index is 5.79. The summed E-state index contributed by atoms with van der Waals surface area (Å²) in [6.07, 6.45) is 6.89. The van der Waals surface area contributed by atoms with E-state index in [0.717, 1.165) is 42.2 Å². The van der Waals surface area contributed by atoms with E-state index in [1.54, 1.807) is 13.3 Å². The second kappa shape index (κ2) is 8.67. The van der Waals surface area contributed by atoms with Gasteiger partial charge in [-0.25, -0.2) is 4.98 Å². The molecule has 1 aliphatic rings. The Labute approximate surface area is 149 Å². The molecule has 1 saturated heterocycles. The van der Waals surface area contributed by atoms with Gasteiger partial charge in [-0.2, -0.15) is 4.98 Å². The lowest BCUT2D eigenvalue weighted by Crippen LogP contribution is -2.31. The molecule has 1 fully saturated rings. The van der Waals surface area contributed by atoms with Crippen molar-refractivity contribution < 1.29 is 4.74 Å². The van der Waals surface area contributed by atoms with Crippen molar-refractivity contribution in [2.75, 3.05) is 44.3 Å². The molecule has 2 aromatic rings. The van der Waals surface area contributed by atoms with Crippen LogP contribution in [0.4, 0.5) is 11.8 Å². The molecule has 0 spiro atoms. The molecule has 0 bridgehead atoms. The number of hydrogen-bond acceptors (Lipinski definition) is 6. The average molecular weight is 341 g/mol. The number of benzene rings is 1. The molecule has 3 N–H and O–H groups in total. The minimum atomic E-state index is 0.283. The van der Waals surface area contributed by atoms with Crippen LogP contribution in [-0.4, -0.2) is 48.2 Å². The highest BCUT2D eigenvalue weighted by molar-refractivity contribution is 5.75. The van der Waals surface area contributed by atoms with Gasteiger partial charge in [-0.15, -0.1) is 0 Å². The van der Waals surface area contributed by atoms with Crippen LogP contribution in [-0.2, 0) is 0 Å². The van der Waals surface area contributed by atoms with Crippen molar-refractivity contribution >= 4 is 11.8 Å². The number of nitrogen functional groups attached to an aromatic ring is 1. The fourth-order valence-electron chi connectivity index (χ4n) is 3.22. The van der Waals surface area contributed by atoms with Crippen LogP contribution in [0.5, 0.6) is 5.75 Å². The Kier molecular flexibility index (Phi) is 6.06. The lowest BCUT2D eigenvalue weighted by atomic mass is 10.1. The second-order valence-corrected chi connectivity index (χ2v) is 6.41. The summed E-state index contributed by atoms with van der Waals surface area (Å²) in [5, 5.41) is 3.43. The smallest absolute Gasteiger partial charge is 0.221 e. The van der Waals surface area contributed by atoms with Crippen LogP contribution in [0.1, 0.15) is 25.7 Å². The number of nitrogens with two attached hydrogens (primary N) is 1. The Morgan fingerprint density at radius 1 is 1.24 bits per heavy atom. The predicted octanol–water partition coefficient (Wildman–Crippen LogP) is 3.02. The summed E-state index contributed by atoms with van der Waals surface area (Å²) in [5.74, 6) is 1.87. The Bertz CT molecular complexity index is 685. The van der Waals surface area contributed by atoms with Gasteiger partial charge in [0.05, 0.1) is 7.11 Å². The van der Waals surface area contributed by atoms with Gasteiger partial charge in [0.15, 0.2) is 0 Å². The monoisotopic (exact) mass is 341 g/mol. The van der Waals surface area contributed by atoms with E-state index in [-0.39, 0.29) is 5.95 Å². The zero-order chi connectivity index (χ0) is 17.5. The molecule has 0 aliphatic carbocycles. The third kappa shape index (κ3) is 4.82. The highest BCUT2D eigenvalue weighted by Crippen LogP contribution is 2.28. The number of anilines is 2. The van der Waals surface area contributed by atoms with Crippen molar-refractivity contribution in [3.63, 3.8) is 0 Å². The molecule has 2 heterocycles. The van der Waals surface area contributed by atoms with Crippen molar-refractivity contribution in [1.82, 2.24) is 14.9 Å². The van der Waals surface area contributed by atoms with Gasteiger partial charge in [0, 0.05) is 18.3 Å². The number of nitrogens with zero attached hydrogens (tertiary/aromatic N) is 3. The topological polar surface area (TPSA) is 76.3 Å². The van der Waals surface area contributed by atoms with E-state index in [2.05, 4.69) is 20.2 Å². The van der Waals surface area contributed by atoms with Gasteiger partial charge in [0.2, 0.25) is 5.95 Å². The van der Waals surface area contributed by atoms with E-state index in [1.165, 1.54) is 32.4 Å². The number of nitrogens with one attached hydrogen (secondary N) is 1. The van der Waals surface area contributed by atoms with Gasteiger partial charge in [0.1, 0.15) is 11.6 Å². The van der Waals surface area contributed by atoms with Gasteiger partial charge >= 0.3 is 0 Å². The molecule has 1 aromatic heterocycles. The van der Waals surface area contributed by atoms with Crippen molar-refractivity contribution in [2.45, 2.75) is 25.7 Å². The summed E-state index contributed by atoms with van der Waals surface area (Å²) in [5.41, 5.74) is 7.74. The van der Waals surface area contributed by atoms with Gasteiger partial charge in [-0.1, -0.05) is 18.6 Å². The third-order valence-corrected chi connectivity index (χ3v) is 4.58. The van der Waals surface area contributed by atoms with E-state index in [0.29, 0.717) is 0 Å². The molecule has 3 rings (SSSR count). The number of hydrogen-bond donors (Lipinski definition) is 2. The number of methoxy groups -OCH3 is 1. The zero-order valence-electron chi connectivity index (χ0n) is 14.9. The third-order valence-electron chi connectivity index (χ3n) is 4.58. The lowest BCUT2D eigenvalue weighted by Gasteiger charge is -2.26. The summed E-state index contributed by atoms with van der Waals surface area (Å²) in [7, 11) is 1.67. The van der Waals surface area contributed by atoms with E-state index < -0.39 is 0 Å². The van der Waals surface area contributed by atoms with Gasteiger partial charge in [0.25, 0.3) is 0 Å². The molecule has 1 aliphatic heterocycles. The van der Waals surface area contributed by atoms with Crippen LogP contribution < -0.4 is 15.8 Å². The van der Waals surface area contributed by atoms with Crippen LogP contribution in [0.3, 0.4) is 0 Å². The fourth-order valence-corrected chi connectivity index (χ4v) is 3.22. The first kappa shape index (κ1) is 17.5. The Morgan fingerprint density at radius 3 is 2.88 bits per heavy atom. The van der Waals surface area contributed by atoms with E-state index >= 15 is 0 Å². The minimum absolute atomic E-state index is 0.283. The van der Waals surface area contributed by atoms with Crippen molar-refractivity contribution in [1.29, 1.82) is 0 Å². The quantitative estimate of drug-likeness (QED) is 0.754. The molecule has 0 unspecified atom stereocenters. The standard InChI is InChI=1S/C19H27N5O/c1-25-16-8-5-7-15(13-16)17-14-22-19(20)23-18(17)21-9-6-12-24-10-3-2-4-11-24/h5,7-8,13-14H,2-4,6,9-12H2,1H3,(H3,20,21,22,23). The molecular weight excluding hydrogens is 314 g/mol. The molecule has 0 radical (unpaired) electrons. The first-order valence-corrected chi connectivity index (χ1v) is 8.99. The number of piperidine rings is 1. The molecule has 6 nitrogen and oxygen atoms in total. The minimum Gasteiger partial charge on any atom is -0.497 e. The first-order chi connectivity index (χ1) is 12.3. The van der Waals surface area contributed by atoms with E-state index in [1.807, 2.05) is 24.3 Å². The zero-order valence-corrected chi connectivity index (χ0v) is 14.9. The number of aromatic nitrogens is 2. The summed E-state index contributed by atoms with van der Waals surface area (Å²) < 4.78 is 5.31. The number of rotatable bonds is 7. The van der Waals surface area contributed by atoms with Gasteiger partial charge in [-0.05, 0) is 56.6 Å². The van der Waals surface area contributed by atoms with Crippen molar-refractivity contribution in [2.24, 2.45) is 0 Å². The first-order valence-electron chi connectivity index (χ1n) is 8.99. The van der Waals surface area contributed by atoms with Crippen LogP contribution in [0.2, 0.25) is 0 Å². The van der Waals surface area contributed by atoms with E-state index in [9.17, 15) is 0 Å². The molecule has 25 heavy (non-hydrogen) atoms. The predicted molar refractivity (Wildman–Crippen MR) is 102 cm³/mol. The number of ether oxygens (including phenoxy) is 1. The van der Waals surface area contributed by atoms with Gasteiger partial charge < -0.3 is 20.7 Å². The highest BCUT2D eigenvalue weighted by Gasteiger charge is 2.11. The summed E-state index contributed by atoms with van der Waals surface area (Å²) in [4.78, 5) is 11.1. The molecule has 0 atom stereocenters. The molecule has 0 saturated carbocycles. The number of likely N-dealkylation sites (tertiary alicyclic amines) is 1. The summed E-state index contributed by atoms with van der Waals surface area (Å²) in [6, 6.07) is 7.89. The van der Waals surface area contributed by atoms with Crippen LogP contribution in [0, 0.1) is 0 Å². The van der Waals surface area contributed by atoms with Crippen molar-refractivity contribution in [3.05, 3.63) is 30.5 Å². The Balaban J connectivity index is 1.64. The maximum absolute atomic E-state index is 5.79. The molecule has 134 valence electrons. The van der Waals surface area contributed by atoms with E-state index in [4.69, 9.17) is 10.5 Å². The molecule has 6 heteroatoms. The largest absolute Gasteiger partial charge is 0.497 e. The Morgan fingerprint density at radius 2 is 2.08 bits per heavy atom. The lowest BCUT2D eigenvalue weighted by molar-refractivity contribution is 0.228. The fraction of sp³-hybridized carbons (Fsp3) is 0.474. The van der Waals surface area contributed by atoms with Gasteiger partial charge in [-0.3, -0.25) is 0 Å². The van der Waals surface area contributed by atoms with Crippen LogP contribution in [0.15, 0.2) is 30.5 Å². The molecular formula is C19H27N5O. The summed E-state index contributed by atoms with van der Waals surface area (Å²) in [6.45, 7) is 4.46. The SMILES string of the molecule is COc1cccc(-c2cnc(N)nc2NCCCN2CCCCC2)c1.